The average molecular weight is 2060 g/mol. The third kappa shape index (κ3) is 37.2. The summed E-state index contributed by atoms with van der Waals surface area (Å²) in [5, 5.41) is 0. The normalized spacial score (nSPS) is 10.0. The van der Waals surface area contributed by atoms with Crippen LogP contribution in [0, 0.1) is 235 Å². The summed E-state index contributed by atoms with van der Waals surface area (Å²) in [6.07, 6.45) is 2.17. The molecule has 0 saturated carbocycles. The zero-order valence-electron chi connectivity index (χ0n) is 86.1. The lowest BCUT2D eigenvalue weighted by Crippen LogP contribution is -1.99. The van der Waals surface area contributed by atoms with Gasteiger partial charge < -0.3 is 0 Å². The van der Waals surface area contributed by atoms with Crippen molar-refractivity contribution in [2.45, 2.75) is 285 Å². The Labute approximate surface area is 858 Å². The summed E-state index contributed by atoms with van der Waals surface area (Å²) >= 11 is 15.3. The van der Waals surface area contributed by atoms with Gasteiger partial charge in [-0.25, -0.2) is 0 Å². The van der Waals surface area contributed by atoms with Crippen LogP contribution in [0.2, 0.25) is 0 Å². The van der Waals surface area contributed by atoms with E-state index in [1.807, 2.05) is 0 Å². The van der Waals surface area contributed by atoms with Crippen molar-refractivity contribution in [2.24, 2.45) is 0 Å². The summed E-state index contributed by atoms with van der Waals surface area (Å²) in [7, 11) is 0. The van der Waals surface area contributed by atoms with Crippen LogP contribution >= 0.6 is 63.7 Å². The van der Waals surface area contributed by atoms with Gasteiger partial charge in [0.25, 0.3) is 0 Å². The van der Waals surface area contributed by atoms with Crippen LogP contribution in [0.1, 0.15) is 242 Å². The Balaban J connectivity index is 0.000000513. The van der Waals surface area contributed by atoms with Crippen molar-refractivity contribution >= 4 is 63.7 Å². The highest BCUT2D eigenvalue weighted by Gasteiger charge is 2.24. The van der Waals surface area contributed by atoms with Gasteiger partial charge in [0.05, 0.1) is 0 Å². The molecule has 4 heteroatoms. The molecule has 0 aliphatic rings. The number of aryl methyl sites for hydroxylation is 25. The molecule has 135 heavy (non-hydrogen) atoms. The van der Waals surface area contributed by atoms with Crippen LogP contribution in [0.3, 0.4) is 0 Å². The van der Waals surface area contributed by atoms with Crippen molar-refractivity contribution in [3.8, 4) is 44.5 Å². The van der Waals surface area contributed by atoms with E-state index in [1.165, 1.54) is 250 Å². The van der Waals surface area contributed by atoms with E-state index in [-0.39, 0.29) is 29.7 Å². The monoisotopic (exact) mass is 2050 g/mol. The van der Waals surface area contributed by atoms with E-state index in [2.05, 4.69) is 555 Å². The molecule has 0 spiro atoms. The van der Waals surface area contributed by atoms with Crippen LogP contribution in [-0.2, 0) is 12.8 Å². The highest BCUT2D eigenvalue weighted by Crippen LogP contribution is 2.49. The number of benzene rings is 15. The molecule has 0 heterocycles. The molecule has 0 aliphatic heterocycles. The van der Waals surface area contributed by atoms with Gasteiger partial charge in [0.2, 0.25) is 0 Å². The Kier molecular flexibility index (Phi) is 52.2. The Morgan fingerprint density at radius 2 is 0.363 bits per heavy atom. The molecule has 0 unspecified atom stereocenters. The fraction of sp³-hybridized carbons (Fsp3) is 0.313. The minimum absolute atomic E-state index is 0. The molecule has 0 amide bonds. The summed E-state index contributed by atoms with van der Waals surface area (Å²) in [4.78, 5) is 0. The highest BCUT2D eigenvalue weighted by atomic mass is 79.9. The van der Waals surface area contributed by atoms with E-state index in [4.69, 9.17) is 0 Å². The maximum atomic E-state index is 3.82. The van der Waals surface area contributed by atoms with E-state index >= 15 is 0 Å². The number of halogens is 4. The maximum absolute atomic E-state index is 3.82. The summed E-state index contributed by atoms with van der Waals surface area (Å²) in [5.41, 5.74) is 60.5. The fourth-order valence-electron chi connectivity index (χ4n) is 14.9. The van der Waals surface area contributed by atoms with Gasteiger partial charge in [0.1, 0.15) is 0 Å². The average Bonchev–Trinajstić information content (AvgIpc) is 0.748. The summed E-state index contributed by atoms with van der Waals surface area (Å²) in [6.45, 7) is 75.4. The topological polar surface area (TPSA) is 0 Å². The molecule has 718 valence electrons. The standard InChI is InChI=1S/C18H18Br4.C18H22.C16H18.C15H16.C14H14.C11H16.C10H14.C9H12.2C8H10.4CH4/c1-7-9(3)15(19)13(16(20)10(7)4)14-17(21)11(5)8(2)12(6)18(14)22;1-11-7-17(8-12(2)15(11)5)18-9-13(3)16(6)14(4)10-18;1-11-5-7-15(9-13(11)3)16-8-6-12(2)14(4)10-16;1-12-3-7-14(8-4-12)11-15-9-5-13(2)6-10-15;1-11-3-7-13(8-4-11)14-9-5-12(2)6-10-14;1-5-11-6-8(2)10(4)9(3)7-11;1-7-5-8(2)10(4)9(3)6-7;1-7-4-5-8(2)9(3)6-7;1-7-3-5-8(2)6-4-7;1-7-4-3-5-8(2)6-7;;;;/h1-6H3;7-10H,1-6H3;5-10H,1-4H3;3-10H,11H2,1-2H3;3-10H,1-2H3;6-7H,5H2,1-4H3;5-6H,1-4H3;4-6H,1-3H3;2*3-6H,1-2H3;4*1H4. The largest absolute Gasteiger partial charge is 0.0776 e. The predicted molar refractivity (Wildman–Crippen MR) is 624 cm³/mol. The van der Waals surface area contributed by atoms with Gasteiger partial charge in [0.15, 0.2) is 0 Å². The second-order valence-electron chi connectivity index (χ2n) is 36.8. The lowest BCUT2D eigenvalue weighted by molar-refractivity contribution is 1.11. The first-order valence-electron chi connectivity index (χ1n) is 46.3. The Bertz CT molecular complexity index is 5830. The maximum Gasteiger partial charge on any atom is 0.0297 e. The van der Waals surface area contributed by atoms with Gasteiger partial charge in [-0.1, -0.05) is 341 Å². The third-order valence-electron chi connectivity index (χ3n) is 25.8. The Hall–Kier alpha value is -9.78. The molecule has 0 bridgehead atoms. The van der Waals surface area contributed by atoms with Gasteiger partial charge in [-0.2, -0.15) is 0 Å². The number of hydrogen-bond acceptors (Lipinski definition) is 0. The Morgan fingerprint density at radius 3 is 0.607 bits per heavy atom. The smallest absolute Gasteiger partial charge is 0.0297 e. The predicted octanol–water partition coefficient (Wildman–Crippen LogP) is 41.8. The molecule has 15 rings (SSSR count). The zero-order chi connectivity index (χ0) is 97.7. The molecule has 0 fully saturated rings. The molecule has 0 radical (unpaired) electrons. The molecule has 0 saturated heterocycles. The summed E-state index contributed by atoms with van der Waals surface area (Å²) in [6, 6.07) is 89.7. The first kappa shape index (κ1) is 121. The van der Waals surface area contributed by atoms with E-state index in [0.717, 1.165) is 30.7 Å². The van der Waals surface area contributed by atoms with Crippen molar-refractivity contribution in [1.82, 2.24) is 0 Å². The number of rotatable bonds is 7. The number of hydrogen-bond donors (Lipinski definition) is 0. The lowest BCUT2D eigenvalue weighted by atomic mass is 9.92. The lowest BCUT2D eigenvalue weighted by Gasteiger charge is -2.22. The van der Waals surface area contributed by atoms with Crippen LogP contribution in [0.15, 0.2) is 267 Å². The van der Waals surface area contributed by atoms with E-state index < -0.39 is 0 Å². The van der Waals surface area contributed by atoms with Crippen molar-refractivity contribution in [3.63, 3.8) is 0 Å². The molecule has 15 aromatic carbocycles. The van der Waals surface area contributed by atoms with Crippen molar-refractivity contribution in [1.29, 1.82) is 0 Å². The van der Waals surface area contributed by atoms with Crippen LogP contribution in [0.4, 0.5) is 0 Å². The summed E-state index contributed by atoms with van der Waals surface area (Å²) in [5.74, 6) is 0. The van der Waals surface area contributed by atoms with Crippen LogP contribution in [0.25, 0.3) is 44.5 Å². The molecule has 0 aliphatic carbocycles. The minimum atomic E-state index is 0. The van der Waals surface area contributed by atoms with Crippen molar-refractivity contribution in [3.05, 3.63) is 472 Å². The van der Waals surface area contributed by atoms with Gasteiger partial charge in [-0.15, -0.1) is 0 Å². The first-order valence-corrected chi connectivity index (χ1v) is 49.5. The second-order valence-corrected chi connectivity index (χ2v) is 40.0. The molecule has 0 N–H and O–H groups in total. The van der Waals surface area contributed by atoms with Crippen LogP contribution < -0.4 is 0 Å². The van der Waals surface area contributed by atoms with Gasteiger partial charge in [-0.3, -0.25) is 0 Å². The van der Waals surface area contributed by atoms with Crippen molar-refractivity contribution < 1.29 is 0 Å². The molecule has 0 atom stereocenters. The minimum Gasteiger partial charge on any atom is -0.0776 e. The quantitative estimate of drug-likeness (QED) is 0.149. The third-order valence-corrected chi connectivity index (χ3v) is 29.8. The van der Waals surface area contributed by atoms with Crippen LogP contribution in [0.5, 0.6) is 0 Å². The SMILES string of the molecule is C.C.C.C.CCc1cc(C)c(C)c(C)c1.Cc1c(C)c(Br)c(-c2c(Br)c(C)c(C)c(C)c2Br)c(Br)c1C.Cc1cc(-c2cc(C)c(C)c(C)c2)cc(C)c1C.Cc1cc(C)c(C)c(C)c1.Cc1ccc(-c2ccc(C)c(C)c2)cc1C.Cc1ccc(-c2ccc(C)cc2)cc1.Cc1ccc(C)c(C)c1.Cc1ccc(C)cc1.Cc1ccc(Cc2ccc(C)cc2)cc1.Cc1cccc(C)c1. The van der Waals surface area contributed by atoms with Gasteiger partial charge in [-0.05, 0) is 496 Å². The van der Waals surface area contributed by atoms with Gasteiger partial charge in [0, 0.05) is 29.0 Å². The first-order chi connectivity index (χ1) is 61.6. The van der Waals surface area contributed by atoms with E-state index in [9.17, 15) is 0 Å². The molecular formula is C131H166Br4. The Morgan fingerprint density at radius 1 is 0.156 bits per heavy atom. The second kappa shape index (κ2) is 58.1. The van der Waals surface area contributed by atoms with Crippen molar-refractivity contribution in [2.75, 3.05) is 0 Å². The molecule has 0 aromatic heterocycles. The van der Waals surface area contributed by atoms with Crippen LogP contribution in [-0.4, -0.2) is 0 Å². The fourth-order valence-corrected chi connectivity index (χ4v) is 18.2. The highest BCUT2D eigenvalue weighted by molar-refractivity contribution is 9.11. The van der Waals surface area contributed by atoms with Gasteiger partial charge >= 0.3 is 0 Å². The molecule has 15 aromatic rings. The molecule has 0 nitrogen and oxygen atoms in total. The van der Waals surface area contributed by atoms with E-state index in [0.29, 0.717) is 0 Å². The van der Waals surface area contributed by atoms with E-state index in [1.54, 1.807) is 0 Å². The zero-order valence-corrected chi connectivity index (χ0v) is 92.4. The summed E-state index contributed by atoms with van der Waals surface area (Å²) < 4.78 is 4.58. The molecular weight excluding hydrogens is 1890 g/mol.